The van der Waals surface area contributed by atoms with Gasteiger partial charge in [-0.1, -0.05) is 0 Å². The summed E-state index contributed by atoms with van der Waals surface area (Å²) in [5.41, 5.74) is 7.16. The van der Waals surface area contributed by atoms with Gasteiger partial charge in [-0.25, -0.2) is 0 Å². The quantitative estimate of drug-likeness (QED) is 0.714. The van der Waals surface area contributed by atoms with Crippen LogP contribution in [0, 0.1) is 0 Å². The molecule has 1 aromatic carbocycles. The van der Waals surface area contributed by atoms with Gasteiger partial charge in [-0.15, -0.1) is 12.4 Å². The van der Waals surface area contributed by atoms with Crippen LogP contribution < -0.4 is 16.8 Å². The minimum atomic E-state index is -4.94. The lowest BCUT2D eigenvalue weighted by atomic mass is 10.0. The SMILES string of the molecule is Cl.NCC(N)C(=O)NCc1cc(C(F)(F)F)cc(C(F)(F)F)c1. The van der Waals surface area contributed by atoms with Crippen LogP contribution in [0.5, 0.6) is 0 Å². The normalized spacial score (nSPS) is 13.2. The summed E-state index contributed by atoms with van der Waals surface area (Å²) in [4.78, 5) is 11.4. The Balaban J connectivity index is 0.00000484. The van der Waals surface area contributed by atoms with E-state index in [-0.39, 0.29) is 30.6 Å². The molecule has 1 unspecified atom stereocenters. The maximum absolute atomic E-state index is 12.6. The number of rotatable bonds is 4. The number of benzene rings is 1. The van der Waals surface area contributed by atoms with Crippen molar-refractivity contribution in [2.75, 3.05) is 6.54 Å². The number of hydrogen-bond donors (Lipinski definition) is 3. The number of carbonyl (C=O) groups excluding carboxylic acids is 1. The molecule has 1 amide bonds. The number of alkyl halides is 6. The van der Waals surface area contributed by atoms with E-state index < -0.39 is 42.0 Å². The molecule has 132 valence electrons. The average Bonchev–Trinajstić information content (AvgIpc) is 2.41. The average molecular weight is 366 g/mol. The molecule has 0 saturated heterocycles. The molecular formula is C12H14ClF6N3O. The molecule has 0 saturated carbocycles. The predicted octanol–water partition coefficient (Wildman–Crippen LogP) is 2.05. The van der Waals surface area contributed by atoms with Crippen molar-refractivity contribution >= 4 is 18.3 Å². The van der Waals surface area contributed by atoms with Crippen molar-refractivity contribution in [3.8, 4) is 0 Å². The summed E-state index contributed by atoms with van der Waals surface area (Å²) in [6.07, 6.45) is -9.87. The largest absolute Gasteiger partial charge is 0.416 e. The molecule has 5 N–H and O–H groups in total. The van der Waals surface area contributed by atoms with E-state index in [1.165, 1.54) is 0 Å². The van der Waals surface area contributed by atoms with Gasteiger partial charge in [0.2, 0.25) is 5.91 Å². The van der Waals surface area contributed by atoms with Crippen LogP contribution in [0.2, 0.25) is 0 Å². The van der Waals surface area contributed by atoms with Crippen LogP contribution in [0.25, 0.3) is 0 Å². The first-order chi connectivity index (χ1) is 9.95. The first kappa shape index (κ1) is 21.5. The van der Waals surface area contributed by atoms with Gasteiger partial charge in [0.1, 0.15) is 0 Å². The number of amides is 1. The van der Waals surface area contributed by atoms with Crippen molar-refractivity contribution in [2.45, 2.75) is 24.9 Å². The Morgan fingerprint density at radius 3 is 1.83 bits per heavy atom. The molecule has 1 aromatic rings. The van der Waals surface area contributed by atoms with E-state index in [9.17, 15) is 31.1 Å². The summed E-state index contributed by atoms with van der Waals surface area (Å²) in [6.45, 7) is -0.734. The van der Waals surface area contributed by atoms with Crippen molar-refractivity contribution in [2.24, 2.45) is 11.5 Å². The highest BCUT2D eigenvalue weighted by molar-refractivity contribution is 5.85. The van der Waals surface area contributed by atoms with Gasteiger partial charge in [-0.05, 0) is 23.8 Å². The van der Waals surface area contributed by atoms with Gasteiger partial charge < -0.3 is 16.8 Å². The van der Waals surface area contributed by atoms with Crippen molar-refractivity contribution in [1.29, 1.82) is 0 Å². The van der Waals surface area contributed by atoms with Crippen molar-refractivity contribution < 1.29 is 31.1 Å². The molecule has 0 aromatic heterocycles. The number of nitrogens with two attached hydrogens (primary N) is 2. The summed E-state index contributed by atoms with van der Waals surface area (Å²) in [5, 5.41) is 2.13. The molecule has 4 nitrogen and oxygen atoms in total. The highest BCUT2D eigenvalue weighted by Crippen LogP contribution is 2.36. The molecule has 11 heteroatoms. The summed E-state index contributed by atoms with van der Waals surface area (Å²) in [5.74, 6) is -0.770. The van der Waals surface area contributed by atoms with Crippen LogP contribution in [0.3, 0.4) is 0 Å². The lowest BCUT2D eigenvalue weighted by molar-refractivity contribution is -0.143. The number of nitrogens with one attached hydrogen (secondary N) is 1. The molecule has 1 atom stereocenters. The van der Waals surface area contributed by atoms with Crippen LogP contribution in [0.15, 0.2) is 18.2 Å². The van der Waals surface area contributed by atoms with Crippen molar-refractivity contribution in [1.82, 2.24) is 5.32 Å². The molecule has 0 aliphatic carbocycles. The number of hydrogen-bond acceptors (Lipinski definition) is 3. The van der Waals surface area contributed by atoms with Crippen LogP contribution in [-0.4, -0.2) is 18.5 Å². The smallest absolute Gasteiger partial charge is 0.351 e. The van der Waals surface area contributed by atoms with Crippen molar-refractivity contribution in [3.05, 3.63) is 34.9 Å². The lowest BCUT2D eigenvalue weighted by Crippen LogP contribution is -2.45. The van der Waals surface area contributed by atoms with Gasteiger partial charge in [0.15, 0.2) is 0 Å². The second-order valence-electron chi connectivity index (χ2n) is 4.47. The van der Waals surface area contributed by atoms with E-state index in [2.05, 4.69) is 5.32 Å². The first-order valence-corrected chi connectivity index (χ1v) is 5.97. The van der Waals surface area contributed by atoms with Crippen LogP contribution >= 0.6 is 12.4 Å². The molecule has 0 bridgehead atoms. The Morgan fingerprint density at radius 2 is 1.48 bits per heavy atom. The molecule has 23 heavy (non-hydrogen) atoms. The standard InChI is InChI=1S/C12H13F6N3O.ClH/c13-11(14,15)7-1-6(2-8(3-7)12(16,17)18)5-21-10(22)9(20)4-19;/h1-3,9H,4-5,19-20H2,(H,21,22);1H. The van der Waals surface area contributed by atoms with Gasteiger partial charge in [-0.3, -0.25) is 4.79 Å². The van der Waals surface area contributed by atoms with E-state index in [1.807, 2.05) is 0 Å². The number of carbonyl (C=O) groups is 1. The maximum Gasteiger partial charge on any atom is 0.416 e. The summed E-state index contributed by atoms with van der Waals surface area (Å²) in [6, 6.07) is -0.0166. The Bertz CT molecular complexity index is 514. The molecule has 0 fully saturated rings. The van der Waals surface area contributed by atoms with E-state index in [0.29, 0.717) is 12.1 Å². The highest BCUT2D eigenvalue weighted by atomic mass is 35.5. The zero-order valence-electron chi connectivity index (χ0n) is 11.5. The Labute approximate surface area is 133 Å². The predicted molar refractivity (Wildman–Crippen MR) is 72.6 cm³/mol. The fraction of sp³-hybridized carbons (Fsp3) is 0.417. The van der Waals surface area contributed by atoms with Crippen LogP contribution in [0.4, 0.5) is 26.3 Å². The van der Waals surface area contributed by atoms with E-state index in [4.69, 9.17) is 11.5 Å². The minimum absolute atomic E-state index is 0. The third kappa shape index (κ3) is 6.24. The van der Waals surface area contributed by atoms with E-state index in [1.54, 1.807) is 0 Å². The van der Waals surface area contributed by atoms with E-state index >= 15 is 0 Å². The zero-order valence-corrected chi connectivity index (χ0v) is 12.3. The lowest BCUT2D eigenvalue weighted by Gasteiger charge is -2.15. The zero-order chi connectivity index (χ0) is 17.1. The summed E-state index contributed by atoms with van der Waals surface area (Å²) < 4.78 is 75.8. The van der Waals surface area contributed by atoms with Crippen molar-refractivity contribution in [3.63, 3.8) is 0 Å². The van der Waals surface area contributed by atoms with E-state index in [0.717, 1.165) is 0 Å². The molecule has 0 aliphatic heterocycles. The van der Waals surface area contributed by atoms with Gasteiger partial charge in [0.05, 0.1) is 17.2 Å². The third-order valence-electron chi connectivity index (χ3n) is 2.70. The van der Waals surface area contributed by atoms with Gasteiger partial charge in [0, 0.05) is 13.1 Å². The minimum Gasteiger partial charge on any atom is -0.351 e. The monoisotopic (exact) mass is 365 g/mol. The first-order valence-electron chi connectivity index (χ1n) is 5.97. The fourth-order valence-electron chi connectivity index (χ4n) is 1.55. The molecule has 0 aliphatic rings. The Morgan fingerprint density at radius 1 is 1.04 bits per heavy atom. The fourth-order valence-corrected chi connectivity index (χ4v) is 1.55. The molecule has 1 rings (SSSR count). The van der Waals surface area contributed by atoms with Crippen LogP contribution in [-0.2, 0) is 23.7 Å². The summed E-state index contributed by atoms with van der Waals surface area (Å²) in [7, 11) is 0. The Kier molecular flexibility index (Phi) is 7.32. The topological polar surface area (TPSA) is 81.1 Å². The third-order valence-corrected chi connectivity index (χ3v) is 2.70. The van der Waals surface area contributed by atoms with Crippen LogP contribution in [0.1, 0.15) is 16.7 Å². The molecule has 0 heterocycles. The second-order valence-corrected chi connectivity index (χ2v) is 4.47. The van der Waals surface area contributed by atoms with Gasteiger partial charge in [0.25, 0.3) is 0 Å². The highest BCUT2D eigenvalue weighted by Gasteiger charge is 2.36. The molecule has 0 spiro atoms. The molecule has 0 radical (unpaired) electrons. The summed E-state index contributed by atoms with van der Waals surface area (Å²) >= 11 is 0. The number of halogens is 7. The second kappa shape index (κ2) is 7.84. The van der Waals surface area contributed by atoms with Gasteiger partial charge in [-0.2, -0.15) is 26.3 Å². The maximum atomic E-state index is 12.6. The molecular weight excluding hydrogens is 352 g/mol. The Hall–Kier alpha value is -1.52. The van der Waals surface area contributed by atoms with Gasteiger partial charge >= 0.3 is 12.4 Å².